The second-order valence-corrected chi connectivity index (χ2v) is 9.21. The average Bonchev–Trinajstić information content (AvgIpc) is 2.96. The number of allylic oxidation sites excluding steroid dienone is 1. The van der Waals surface area contributed by atoms with Crippen LogP contribution >= 0.6 is 0 Å². The summed E-state index contributed by atoms with van der Waals surface area (Å²) in [5, 5.41) is 0. The third kappa shape index (κ3) is 2.05. The first-order valence-electron chi connectivity index (χ1n) is 10.4. The molecule has 2 bridgehead atoms. The predicted molar refractivity (Wildman–Crippen MR) is 111 cm³/mol. The number of likely N-dealkylation sites (tertiary alicyclic amines) is 1. The van der Waals surface area contributed by atoms with Gasteiger partial charge < -0.3 is 14.2 Å². The molecule has 0 unspecified atom stereocenters. The third-order valence-corrected chi connectivity index (χ3v) is 7.69. The van der Waals surface area contributed by atoms with Gasteiger partial charge in [-0.1, -0.05) is 17.7 Å². The molecule has 1 fully saturated rings. The zero-order chi connectivity index (χ0) is 20.6. The number of ketones is 1. The largest absolute Gasteiger partial charge is 0.493 e. The summed E-state index contributed by atoms with van der Waals surface area (Å²) >= 11 is 0. The van der Waals surface area contributed by atoms with Crippen molar-refractivity contribution in [3.05, 3.63) is 47.1 Å². The Labute approximate surface area is 172 Å². The summed E-state index contributed by atoms with van der Waals surface area (Å²) in [6.07, 6.45) is 7.50. The molecule has 29 heavy (non-hydrogen) atoms. The van der Waals surface area contributed by atoms with Gasteiger partial charge in [0.15, 0.2) is 22.9 Å². The Hall–Kier alpha value is -2.11. The molecular weight excluding hydrogens is 366 g/mol. The van der Waals surface area contributed by atoms with Crippen LogP contribution in [-0.2, 0) is 21.4 Å². The normalized spacial score (nSPS) is 36.4. The minimum absolute atomic E-state index is 0.00773. The van der Waals surface area contributed by atoms with Gasteiger partial charge in [0.25, 0.3) is 0 Å². The minimum atomic E-state index is -1.00. The molecule has 1 aromatic carbocycles. The van der Waals surface area contributed by atoms with Crippen molar-refractivity contribution in [3.8, 4) is 11.5 Å². The number of ether oxygens (including phenoxy) is 3. The van der Waals surface area contributed by atoms with Crippen molar-refractivity contribution in [1.29, 1.82) is 0 Å². The van der Waals surface area contributed by atoms with Crippen LogP contribution in [0.15, 0.2) is 35.9 Å². The van der Waals surface area contributed by atoms with E-state index in [9.17, 15) is 4.79 Å². The smallest absolute Gasteiger partial charge is 0.199 e. The van der Waals surface area contributed by atoms with E-state index in [2.05, 4.69) is 37.9 Å². The van der Waals surface area contributed by atoms with Gasteiger partial charge in [-0.2, -0.15) is 0 Å². The Morgan fingerprint density at radius 2 is 2.17 bits per heavy atom. The van der Waals surface area contributed by atoms with Gasteiger partial charge >= 0.3 is 0 Å². The van der Waals surface area contributed by atoms with E-state index in [0.717, 1.165) is 30.7 Å². The SMILES string of the molecule is COc1ccc2c3c1O[C@@]1(C)C(=O)C=C[C@@]4(OCC=C(C)C)[C@@H](C2)N(C)CC[C@]314. The number of hydrogen-bond acceptors (Lipinski definition) is 5. The highest BCUT2D eigenvalue weighted by Crippen LogP contribution is 2.68. The molecule has 2 heterocycles. The van der Waals surface area contributed by atoms with E-state index in [-0.39, 0.29) is 11.8 Å². The van der Waals surface area contributed by atoms with Crippen LogP contribution in [0.3, 0.4) is 0 Å². The molecule has 0 aromatic heterocycles. The molecule has 2 aliphatic heterocycles. The van der Waals surface area contributed by atoms with Crippen LogP contribution in [0.1, 0.15) is 38.3 Å². The molecule has 4 aliphatic rings. The number of carbonyl (C=O) groups is 1. The zero-order valence-corrected chi connectivity index (χ0v) is 17.9. The molecule has 5 nitrogen and oxygen atoms in total. The van der Waals surface area contributed by atoms with Gasteiger partial charge in [-0.15, -0.1) is 0 Å². The highest BCUT2D eigenvalue weighted by atomic mass is 16.5. The molecule has 0 N–H and O–H groups in total. The summed E-state index contributed by atoms with van der Waals surface area (Å²) in [4.78, 5) is 15.7. The molecule has 5 heteroatoms. The lowest BCUT2D eigenvalue weighted by Crippen LogP contribution is -2.79. The van der Waals surface area contributed by atoms with Crippen molar-refractivity contribution in [2.45, 2.75) is 56.3 Å². The van der Waals surface area contributed by atoms with E-state index >= 15 is 0 Å². The maximum atomic E-state index is 13.3. The Morgan fingerprint density at radius 3 is 2.90 bits per heavy atom. The van der Waals surface area contributed by atoms with E-state index in [0.29, 0.717) is 12.4 Å². The fourth-order valence-corrected chi connectivity index (χ4v) is 6.27. The lowest BCUT2D eigenvalue weighted by molar-refractivity contribution is -0.189. The highest BCUT2D eigenvalue weighted by molar-refractivity contribution is 6.02. The number of rotatable bonds is 4. The molecule has 5 rings (SSSR count). The van der Waals surface area contributed by atoms with Crippen molar-refractivity contribution in [1.82, 2.24) is 4.90 Å². The fourth-order valence-electron chi connectivity index (χ4n) is 6.27. The topological polar surface area (TPSA) is 48.0 Å². The summed E-state index contributed by atoms with van der Waals surface area (Å²) in [5.74, 6) is 1.42. The van der Waals surface area contributed by atoms with Crippen LogP contribution in [0.25, 0.3) is 0 Å². The molecule has 1 saturated heterocycles. The Bertz CT molecular complexity index is 962. The Morgan fingerprint density at radius 1 is 1.38 bits per heavy atom. The number of hydrogen-bond donors (Lipinski definition) is 0. The molecule has 154 valence electrons. The summed E-state index contributed by atoms with van der Waals surface area (Å²) in [7, 11) is 3.82. The molecule has 0 saturated carbocycles. The van der Waals surface area contributed by atoms with Gasteiger partial charge in [0, 0.05) is 11.6 Å². The lowest BCUT2D eigenvalue weighted by atomic mass is 9.47. The number of nitrogens with zero attached hydrogens (tertiary/aromatic N) is 1. The van der Waals surface area contributed by atoms with E-state index in [1.165, 1.54) is 11.1 Å². The van der Waals surface area contributed by atoms with Crippen LogP contribution in [0, 0.1) is 0 Å². The number of methoxy groups -OCH3 is 1. The number of piperidine rings is 1. The van der Waals surface area contributed by atoms with Gasteiger partial charge in [-0.05, 0) is 71.0 Å². The van der Waals surface area contributed by atoms with Gasteiger partial charge in [0.2, 0.25) is 0 Å². The van der Waals surface area contributed by atoms with Crippen molar-refractivity contribution in [2.24, 2.45) is 0 Å². The zero-order valence-electron chi connectivity index (χ0n) is 17.9. The van der Waals surface area contributed by atoms with E-state index in [4.69, 9.17) is 14.2 Å². The maximum Gasteiger partial charge on any atom is 0.199 e. The molecule has 2 aliphatic carbocycles. The quantitative estimate of drug-likeness (QED) is 0.733. The summed E-state index contributed by atoms with van der Waals surface area (Å²) < 4.78 is 19.0. The number of likely N-dealkylation sites (N-methyl/N-ethyl adjacent to an activating group) is 1. The van der Waals surface area contributed by atoms with Crippen LogP contribution in [-0.4, -0.2) is 55.2 Å². The van der Waals surface area contributed by atoms with Gasteiger partial charge in [-0.3, -0.25) is 9.69 Å². The monoisotopic (exact) mass is 395 g/mol. The van der Waals surface area contributed by atoms with Crippen molar-refractivity contribution >= 4 is 5.78 Å². The van der Waals surface area contributed by atoms with Crippen LogP contribution in [0.4, 0.5) is 0 Å². The standard InChI is InChI=1S/C24H29NO4/c1-15(2)9-13-28-24-10-8-19(26)22(3)23(24)11-12-25(4)18(24)14-16-6-7-17(27-5)21(29-22)20(16)23/h6-10,18H,11-14H2,1-5H3/t18-,22+,23+,24-/m1/s1. The number of benzene rings is 1. The molecular formula is C24H29NO4. The van der Waals surface area contributed by atoms with Crippen molar-refractivity contribution in [2.75, 3.05) is 27.3 Å². The first-order valence-corrected chi connectivity index (χ1v) is 10.4. The second-order valence-electron chi connectivity index (χ2n) is 9.21. The minimum Gasteiger partial charge on any atom is -0.493 e. The summed E-state index contributed by atoms with van der Waals surface area (Å²) in [6, 6.07) is 4.25. The Balaban J connectivity index is 1.82. The van der Waals surface area contributed by atoms with Gasteiger partial charge in [0.1, 0.15) is 5.60 Å². The van der Waals surface area contributed by atoms with Crippen molar-refractivity contribution in [3.63, 3.8) is 0 Å². The van der Waals surface area contributed by atoms with Crippen molar-refractivity contribution < 1.29 is 19.0 Å². The molecule has 1 spiro atoms. The fraction of sp³-hybridized carbons (Fsp3) is 0.542. The molecule has 4 atom stereocenters. The molecule has 1 aromatic rings. The molecule has 0 radical (unpaired) electrons. The molecule has 0 amide bonds. The second kappa shape index (κ2) is 5.96. The van der Waals surface area contributed by atoms with Gasteiger partial charge in [-0.25, -0.2) is 0 Å². The van der Waals surface area contributed by atoms with E-state index in [1.807, 2.05) is 19.1 Å². The average molecular weight is 395 g/mol. The highest BCUT2D eigenvalue weighted by Gasteiger charge is 2.77. The first-order chi connectivity index (χ1) is 13.8. The summed E-state index contributed by atoms with van der Waals surface area (Å²) in [6.45, 7) is 7.52. The van der Waals surface area contributed by atoms with E-state index in [1.54, 1.807) is 13.2 Å². The lowest BCUT2D eigenvalue weighted by Gasteiger charge is -2.64. The van der Waals surface area contributed by atoms with Crippen LogP contribution in [0.2, 0.25) is 0 Å². The summed E-state index contributed by atoms with van der Waals surface area (Å²) in [5.41, 5.74) is 1.40. The first kappa shape index (κ1) is 18.9. The number of carbonyl (C=O) groups excluding carboxylic acids is 1. The van der Waals surface area contributed by atoms with Crippen LogP contribution < -0.4 is 9.47 Å². The van der Waals surface area contributed by atoms with Crippen LogP contribution in [0.5, 0.6) is 11.5 Å². The predicted octanol–water partition coefficient (Wildman–Crippen LogP) is 3.20. The van der Waals surface area contributed by atoms with E-state index < -0.39 is 16.6 Å². The van der Waals surface area contributed by atoms with Gasteiger partial charge in [0.05, 0.1) is 19.1 Å². The third-order valence-electron chi connectivity index (χ3n) is 7.69. The Kier molecular flexibility index (Phi) is 3.88. The maximum absolute atomic E-state index is 13.3.